The fourth-order valence-corrected chi connectivity index (χ4v) is 8.92. The van der Waals surface area contributed by atoms with E-state index >= 15 is 0 Å². The van der Waals surface area contributed by atoms with E-state index in [9.17, 15) is 9.59 Å². The summed E-state index contributed by atoms with van der Waals surface area (Å²) in [6, 6.07) is 34.0. The summed E-state index contributed by atoms with van der Waals surface area (Å²) in [7, 11) is 8.29. The Balaban J connectivity index is 0.000000216. The lowest BCUT2D eigenvalue weighted by molar-refractivity contribution is -0.462. The number of benzene rings is 5. The van der Waals surface area contributed by atoms with Crippen LogP contribution in [0.15, 0.2) is 145 Å². The lowest BCUT2D eigenvalue weighted by atomic mass is 9.77. The minimum Gasteiger partial charge on any atom is -0.610 e. The van der Waals surface area contributed by atoms with Crippen molar-refractivity contribution in [1.82, 2.24) is 0 Å². The first-order valence-corrected chi connectivity index (χ1v) is 25.7. The largest absolute Gasteiger partial charge is 0.781 e. The molecule has 0 aromatic heterocycles. The highest BCUT2D eigenvalue weighted by Gasteiger charge is 2.54. The molecular formula is C65H77BN2O6. The van der Waals surface area contributed by atoms with Crippen LogP contribution in [-0.4, -0.2) is 57.4 Å². The first-order valence-electron chi connectivity index (χ1n) is 25.7. The van der Waals surface area contributed by atoms with E-state index in [0.717, 1.165) is 22.3 Å². The Labute approximate surface area is 441 Å². The van der Waals surface area contributed by atoms with E-state index in [1.165, 1.54) is 55.9 Å². The molecule has 5 aromatic carbocycles. The van der Waals surface area contributed by atoms with Crippen LogP contribution >= 0.6 is 0 Å². The predicted molar refractivity (Wildman–Crippen MR) is 307 cm³/mol. The zero-order valence-corrected chi connectivity index (χ0v) is 47.2. The van der Waals surface area contributed by atoms with Gasteiger partial charge in [-0.3, -0.25) is 9.59 Å². The zero-order chi connectivity index (χ0) is 54.3. The maximum absolute atomic E-state index is 13.4. The highest BCUT2D eigenvalue weighted by Crippen LogP contribution is 2.47. The van der Waals surface area contributed by atoms with Crippen LogP contribution in [0.5, 0.6) is 11.5 Å². The molecule has 0 bridgehead atoms. The molecule has 1 spiro atoms. The number of allylic oxidation sites excluding steroid dienone is 9. The van der Waals surface area contributed by atoms with Crippen LogP contribution in [0, 0.1) is 13.8 Å². The first-order chi connectivity index (χ1) is 34.4. The Hall–Kier alpha value is -7.13. The van der Waals surface area contributed by atoms with Gasteiger partial charge < -0.3 is 23.5 Å². The van der Waals surface area contributed by atoms with Crippen molar-refractivity contribution in [2.24, 2.45) is 0 Å². The molecule has 0 radical (unpaired) electrons. The third kappa shape index (κ3) is 12.3. The quantitative estimate of drug-likeness (QED) is 0.0953. The van der Waals surface area contributed by atoms with Gasteiger partial charge in [0.2, 0.25) is 0 Å². The molecule has 9 heteroatoms. The zero-order valence-electron chi connectivity index (χ0n) is 47.2. The van der Waals surface area contributed by atoms with Gasteiger partial charge in [-0.1, -0.05) is 185 Å². The Morgan fingerprint density at radius 2 is 0.932 bits per heavy atom. The van der Waals surface area contributed by atoms with Crippen LogP contribution in [0.25, 0.3) is 11.1 Å². The average Bonchev–Trinajstić information content (AvgIpc) is 3.31. The number of fused-ring (bicyclic) bond motifs is 2. The van der Waals surface area contributed by atoms with E-state index in [-0.39, 0.29) is 21.7 Å². The molecule has 1 aliphatic carbocycles. The summed E-state index contributed by atoms with van der Waals surface area (Å²) in [5.74, 6) is -0.622. The van der Waals surface area contributed by atoms with E-state index in [1.54, 1.807) is 12.1 Å². The van der Waals surface area contributed by atoms with Crippen molar-refractivity contribution in [3.63, 3.8) is 0 Å². The predicted octanol–water partition coefficient (Wildman–Crippen LogP) is 14.8. The van der Waals surface area contributed by atoms with Gasteiger partial charge in [-0.2, -0.15) is 0 Å². The van der Waals surface area contributed by atoms with Crippen molar-refractivity contribution in [3.05, 3.63) is 206 Å². The number of carbonyl (C=O) groups is 2. The van der Waals surface area contributed by atoms with Crippen molar-refractivity contribution in [3.8, 4) is 11.5 Å². The fraction of sp³-hybridized carbons (Fsp3) is 0.338. The number of nitrogens with zero attached hydrogens (tertiary/aromatic N) is 2. The summed E-state index contributed by atoms with van der Waals surface area (Å²) in [6.07, 6.45) is 15.4. The molecule has 5 aromatic rings. The van der Waals surface area contributed by atoms with E-state index in [2.05, 4.69) is 221 Å². The van der Waals surface area contributed by atoms with E-state index in [1.807, 2.05) is 41.5 Å². The van der Waals surface area contributed by atoms with Gasteiger partial charge in [0, 0.05) is 31.9 Å². The summed E-state index contributed by atoms with van der Waals surface area (Å²) in [6.45, 7) is 25.9. The van der Waals surface area contributed by atoms with Gasteiger partial charge in [-0.05, 0) is 128 Å². The first kappa shape index (κ1) is 54.6. The number of aryl methyl sites for hydroxylation is 2. The maximum Gasteiger partial charge on any atom is 0.781 e. The highest BCUT2D eigenvalue weighted by molar-refractivity contribution is 6.61. The Morgan fingerprint density at radius 3 is 1.31 bits per heavy atom. The van der Waals surface area contributed by atoms with Gasteiger partial charge >= 0.3 is 18.9 Å². The second kappa shape index (κ2) is 20.6. The molecule has 3 aliphatic rings. The number of carbonyl (C=O) groups excluding carboxylic acids is 2. The van der Waals surface area contributed by atoms with Gasteiger partial charge in [0.1, 0.15) is 14.1 Å². The van der Waals surface area contributed by atoms with Crippen molar-refractivity contribution >= 4 is 41.4 Å². The molecular weight excluding hydrogens is 916 g/mol. The number of rotatable bonds is 6. The molecule has 0 N–H and O–H groups in total. The monoisotopic (exact) mass is 993 g/mol. The summed E-state index contributed by atoms with van der Waals surface area (Å²) in [5, 5.41) is 0. The van der Waals surface area contributed by atoms with E-state index < -0.39 is 18.9 Å². The Morgan fingerprint density at radius 1 is 0.527 bits per heavy atom. The van der Waals surface area contributed by atoms with Gasteiger partial charge in [-0.15, -0.1) is 0 Å². The van der Waals surface area contributed by atoms with E-state index in [4.69, 9.17) is 18.6 Å². The van der Waals surface area contributed by atoms with Gasteiger partial charge in [-0.25, -0.2) is 4.58 Å². The molecule has 2 aliphatic heterocycles. The number of hydrogen-bond acceptors (Lipinski definition) is 7. The molecule has 0 saturated carbocycles. The van der Waals surface area contributed by atoms with Gasteiger partial charge in [0.25, 0.3) is 0 Å². The molecule has 0 fully saturated rings. The second-order valence-electron chi connectivity index (χ2n) is 24.4. The fourth-order valence-electron chi connectivity index (χ4n) is 8.92. The van der Waals surface area contributed by atoms with Crippen molar-refractivity contribution in [1.29, 1.82) is 0 Å². The second-order valence-corrected chi connectivity index (χ2v) is 24.4. The minimum atomic E-state index is -3.20. The SMILES string of the molecule is CC(C)(C)c1cc2c(c(C(C)(C)C)c1)O[B-]1(OC2=O)OC(=O)c2cc(C(C)(C)C)cc(C(C)(C)C)c2O1.Cc1ccc(C(/C=C/C=C(\c2ccc(C)cc2)c2ccc(N(C)C)cc2)=C2C=CC(=[N+](C)C)C=C2)cc1. The highest BCUT2D eigenvalue weighted by atomic mass is 16.9. The average molecular weight is 993 g/mol. The molecule has 8 rings (SSSR count). The topological polar surface area (TPSA) is 77.3 Å². The third-order valence-electron chi connectivity index (χ3n) is 13.6. The molecule has 0 atom stereocenters. The molecule has 2 heterocycles. The van der Waals surface area contributed by atoms with Crippen molar-refractivity contribution < 1.29 is 32.8 Å². The maximum atomic E-state index is 13.4. The van der Waals surface area contributed by atoms with Gasteiger partial charge in [0.15, 0.2) is 5.71 Å². The lowest BCUT2D eigenvalue weighted by Gasteiger charge is -2.48. The summed E-state index contributed by atoms with van der Waals surface area (Å²) >= 11 is 0. The minimum absolute atomic E-state index is 0.200. The Bertz CT molecular complexity index is 3030. The van der Waals surface area contributed by atoms with Crippen molar-refractivity contribution in [2.45, 2.75) is 119 Å². The third-order valence-corrected chi connectivity index (χ3v) is 13.6. The van der Waals surface area contributed by atoms with Crippen molar-refractivity contribution in [2.75, 3.05) is 33.1 Å². The standard InChI is InChI=1S/C35H37N2.C30H40BO6/c1-26-10-14-28(15-11-26)34(30-18-22-32(23-19-30)36(3)4)8-7-9-35(29-16-12-27(2)13-17-29)31-20-24-33(25-21-31)37(5)6;1-27(2,3)17-13-19-23(21(15-17)29(7,8)9)34-31(36-25(19)32)35-24-20(26(33)37-31)14-18(28(4,5)6)16-22(24)30(10,11)12/h7-25H,1-6H3;13-16H,1-12H3/q+1;-1. The smallest absolute Gasteiger partial charge is 0.610 e. The summed E-state index contributed by atoms with van der Waals surface area (Å²) in [5.41, 5.74) is 15.2. The van der Waals surface area contributed by atoms with Crippen LogP contribution in [0.4, 0.5) is 5.69 Å². The van der Waals surface area contributed by atoms with Crippen LogP contribution in [0.2, 0.25) is 0 Å². The number of hydrogen-bond donors (Lipinski definition) is 0. The molecule has 74 heavy (non-hydrogen) atoms. The molecule has 0 saturated heterocycles. The van der Waals surface area contributed by atoms with Crippen LogP contribution < -0.4 is 14.2 Å². The molecule has 8 nitrogen and oxygen atoms in total. The molecule has 0 unspecified atom stereocenters. The van der Waals surface area contributed by atoms with Gasteiger partial charge in [0.05, 0.1) is 22.6 Å². The number of anilines is 1. The van der Waals surface area contributed by atoms with E-state index in [0.29, 0.717) is 22.6 Å². The lowest BCUT2D eigenvalue weighted by Crippen LogP contribution is -2.61. The van der Waals surface area contributed by atoms with Crippen LogP contribution in [-0.2, 0) is 31.0 Å². The molecule has 0 amide bonds. The van der Waals surface area contributed by atoms with Crippen LogP contribution in [0.1, 0.15) is 154 Å². The molecule has 386 valence electrons. The summed E-state index contributed by atoms with van der Waals surface area (Å²) < 4.78 is 26.1. The summed E-state index contributed by atoms with van der Waals surface area (Å²) in [4.78, 5) is 29.0. The normalized spacial score (nSPS) is 15.4. The van der Waals surface area contributed by atoms with Crippen LogP contribution in [0.3, 0.4) is 0 Å². The Kier molecular flexibility index (Phi) is 15.2.